The summed E-state index contributed by atoms with van der Waals surface area (Å²) in [7, 11) is 0. The van der Waals surface area contributed by atoms with Crippen LogP contribution in [0.15, 0.2) is 36.7 Å². The molecule has 2 heteroatoms. The lowest BCUT2D eigenvalue weighted by atomic mass is 9.96. The lowest BCUT2D eigenvalue weighted by Crippen LogP contribution is -2.06. The fourth-order valence-corrected chi connectivity index (χ4v) is 2.32. The maximum atomic E-state index is 10.4. The first-order valence-electron chi connectivity index (χ1n) is 6.78. The van der Waals surface area contributed by atoms with Crippen molar-refractivity contribution in [3.05, 3.63) is 64.5 Å². The summed E-state index contributed by atoms with van der Waals surface area (Å²) in [6.07, 6.45) is 4.68. The van der Waals surface area contributed by atoms with Crippen molar-refractivity contribution in [2.24, 2.45) is 0 Å². The number of benzene rings is 1. The van der Waals surface area contributed by atoms with Crippen molar-refractivity contribution in [2.75, 3.05) is 0 Å². The van der Waals surface area contributed by atoms with Crippen LogP contribution in [0.5, 0.6) is 0 Å². The second-order valence-electron chi connectivity index (χ2n) is 5.07. The maximum absolute atomic E-state index is 10.4. The zero-order valence-corrected chi connectivity index (χ0v) is 11.9. The number of nitrogens with zero attached hydrogens (tertiary/aromatic N) is 1. The molecule has 19 heavy (non-hydrogen) atoms. The second kappa shape index (κ2) is 5.98. The predicted molar refractivity (Wildman–Crippen MR) is 78.2 cm³/mol. The van der Waals surface area contributed by atoms with Gasteiger partial charge in [-0.1, -0.05) is 25.1 Å². The van der Waals surface area contributed by atoms with Gasteiger partial charge in [-0.25, -0.2) is 0 Å². The molecule has 0 amide bonds. The molecular formula is C17H21NO. The predicted octanol–water partition coefficient (Wildman–Crippen LogP) is 3.54. The zero-order valence-electron chi connectivity index (χ0n) is 11.9. The van der Waals surface area contributed by atoms with Crippen LogP contribution in [-0.2, 0) is 12.8 Å². The summed E-state index contributed by atoms with van der Waals surface area (Å²) in [5, 5.41) is 10.4. The highest BCUT2D eigenvalue weighted by Crippen LogP contribution is 2.22. The van der Waals surface area contributed by atoms with Crippen LogP contribution in [0.1, 0.15) is 40.8 Å². The van der Waals surface area contributed by atoms with Crippen LogP contribution in [0.4, 0.5) is 0 Å². The van der Waals surface area contributed by atoms with Gasteiger partial charge in [-0.3, -0.25) is 4.98 Å². The lowest BCUT2D eigenvalue weighted by molar-refractivity contribution is 0.177. The Balaban J connectivity index is 2.20. The van der Waals surface area contributed by atoms with Gasteiger partial charge in [-0.05, 0) is 54.2 Å². The highest BCUT2D eigenvalue weighted by atomic mass is 16.3. The van der Waals surface area contributed by atoms with E-state index in [1.165, 1.54) is 16.7 Å². The smallest absolute Gasteiger partial charge is 0.0834 e. The molecule has 0 fully saturated rings. The van der Waals surface area contributed by atoms with Gasteiger partial charge in [-0.2, -0.15) is 0 Å². The van der Waals surface area contributed by atoms with Crippen molar-refractivity contribution in [1.82, 2.24) is 4.98 Å². The van der Waals surface area contributed by atoms with Gasteiger partial charge >= 0.3 is 0 Å². The Morgan fingerprint density at radius 1 is 1.16 bits per heavy atom. The minimum Gasteiger partial charge on any atom is -0.388 e. The van der Waals surface area contributed by atoms with Gasteiger partial charge in [0.25, 0.3) is 0 Å². The molecule has 0 bridgehead atoms. The Kier molecular flexibility index (Phi) is 4.33. The average Bonchev–Trinajstić information content (AvgIpc) is 2.43. The largest absolute Gasteiger partial charge is 0.388 e. The molecular weight excluding hydrogens is 234 g/mol. The van der Waals surface area contributed by atoms with Crippen molar-refractivity contribution in [2.45, 2.75) is 39.7 Å². The van der Waals surface area contributed by atoms with Crippen LogP contribution in [0.25, 0.3) is 0 Å². The van der Waals surface area contributed by atoms with Crippen LogP contribution >= 0.6 is 0 Å². The summed E-state index contributed by atoms with van der Waals surface area (Å²) in [6.45, 7) is 6.30. The van der Waals surface area contributed by atoms with Crippen molar-refractivity contribution in [3.63, 3.8) is 0 Å². The maximum Gasteiger partial charge on any atom is 0.0834 e. The van der Waals surface area contributed by atoms with Gasteiger partial charge in [0.05, 0.1) is 6.10 Å². The van der Waals surface area contributed by atoms with Crippen LogP contribution in [0, 0.1) is 13.8 Å². The summed E-state index contributed by atoms with van der Waals surface area (Å²) < 4.78 is 0. The molecule has 0 saturated heterocycles. The molecule has 1 unspecified atom stereocenters. The Hall–Kier alpha value is -1.67. The molecule has 2 aromatic rings. The highest BCUT2D eigenvalue weighted by molar-refractivity contribution is 5.32. The van der Waals surface area contributed by atoms with Gasteiger partial charge in [0.2, 0.25) is 0 Å². The van der Waals surface area contributed by atoms with E-state index in [2.05, 4.69) is 44.0 Å². The Labute approximate surface area is 115 Å². The molecule has 1 aromatic heterocycles. The molecule has 1 heterocycles. The van der Waals surface area contributed by atoms with Gasteiger partial charge in [0.15, 0.2) is 0 Å². The Morgan fingerprint density at radius 3 is 2.63 bits per heavy atom. The highest BCUT2D eigenvalue weighted by Gasteiger charge is 2.12. The molecule has 0 radical (unpaired) electrons. The fraction of sp³-hybridized carbons (Fsp3) is 0.353. The number of aliphatic hydroxyl groups excluding tert-OH is 1. The van der Waals surface area contributed by atoms with E-state index in [0.29, 0.717) is 6.42 Å². The molecule has 1 aromatic carbocycles. The molecule has 0 spiro atoms. The summed E-state index contributed by atoms with van der Waals surface area (Å²) in [5.74, 6) is 0. The first-order valence-corrected chi connectivity index (χ1v) is 6.78. The molecule has 0 aliphatic rings. The van der Waals surface area contributed by atoms with E-state index in [1.807, 2.05) is 12.3 Å². The molecule has 2 nitrogen and oxygen atoms in total. The average molecular weight is 255 g/mol. The Morgan fingerprint density at radius 2 is 1.95 bits per heavy atom. The molecule has 1 atom stereocenters. The van der Waals surface area contributed by atoms with Gasteiger partial charge in [0.1, 0.15) is 0 Å². The minimum absolute atomic E-state index is 0.458. The SMILES string of the molecule is CCc1cnccc1C(O)Cc1ccc(C)c(C)c1. The zero-order chi connectivity index (χ0) is 13.8. The quantitative estimate of drug-likeness (QED) is 0.906. The number of aliphatic hydroxyl groups is 1. The van der Waals surface area contributed by atoms with Crippen molar-refractivity contribution in [1.29, 1.82) is 0 Å². The fourth-order valence-electron chi connectivity index (χ4n) is 2.32. The third-order valence-electron chi connectivity index (χ3n) is 3.68. The summed E-state index contributed by atoms with van der Waals surface area (Å²) in [6, 6.07) is 8.29. The van der Waals surface area contributed by atoms with E-state index in [0.717, 1.165) is 17.5 Å². The van der Waals surface area contributed by atoms with Crippen molar-refractivity contribution < 1.29 is 5.11 Å². The van der Waals surface area contributed by atoms with Crippen LogP contribution < -0.4 is 0 Å². The van der Waals surface area contributed by atoms with E-state index in [1.54, 1.807) is 6.20 Å². The van der Waals surface area contributed by atoms with E-state index in [4.69, 9.17) is 0 Å². The van der Waals surface area contributed by atoms with E-state index in [9.17, 15) is 5.11 Å². The standard InChI is InChI=1S/C17H21NO/c1-4-15-11-18-8-7-16(15)17(19)10-14-6-5-12(2)13(3)9-14/h5-9,11,17,19H,4,10H2,1-3H3. The first kappa shape index (κ1) is 13.8. The number of rotatable bonds is 4. The van der Waals surface area contributed by atoms with Gasteiger partial charge < -0.3 is 5.11 Å². The number of hydrogen-bond donors (Lipinski definition) is 1. The number of hydrogen-bond acceptors (Lipinski definition) is 2. The van der Waals surface area contributed by atoms with Crippen LogP contribution in [0.2, 0.25) is 0 Å². The number of aryl methyl sites for hydroxylation is 3. The lowest BCUT2D eigenvalue weighted by Gasteiger charge is -2.15. The molecule has 0 aliphatic heterocycles. The van der Waals surface area contributed by atoms with Gasteiger partial charge in [-0.15, -0.1) is 0 Å². The van der Waals surface area contributed by atoms with Gasteiger partial charge in [0, 0.05) is 18.8 Å². The van der Waals surface area contributed by atoms with Crippen LogP contribution in [-0.4, -0.2) is 10.1 Å². The summed E-state index contributed by atoms with van der Waals surface area (Å²) >= 11 is 0. The second-order valence-corrected chi connectivity index (χ2v) is 5.07. The van der Waals surface area contributed by atoms with E-state index < -0.39 is 6.10 Å². The first-order chi connectivity index (χ1) is 9.11. The molecule has 2 rings (SSSR count). The number of aromatic nitrogens is 1. The Bertz CT molecular complexity index is 563. The monoisotopic (exact) mass is 255 g/mol. The minimum atomic E-state index is -0.458. The normalized spacial score (nSPS) is 12.4. The van der Waals surface area contributed by atoms with Crippen molar-refractivity contribution in [3.8, 4) is 0 Å². The number of pyridine rings is 1. The topological polar surface area (TPSA) is 33.1 Å². The molecule has 0 aliphatic carbocycles. The third-order valence-corrected chi connectivity index (χ3v) is 3.68. The van der Waals surface area contributed by atoms with E-state index in [-0.39, 0.29) is 0 Å². The summed E-state index contributed by atoms with van der Waals surface area (Å²) in [4.78, 5) is 4.12. The van der Waals surface area contributed by atoms with E-state index >= 15 is 0 Å². The van der Waals surface area contributed by atoms with Crippen LogP contribution in [0.3, 0.4) is 0 Å². The van der Waals surface area contributed by atoms with Crippen molar-refractivity contribution >= 4 is 0 Å². The molecule has 0 saturated carbocycles. The molecule has 100 valence electrons. The summed E-state index contributed by atoms with van der Waals surface area (Å²) in [5.41, 5.74) is 5.86. The molecule has 1 N–H and O–H groups in total. The third kappa shape index (κ3) is 3.21.